The number of hydrogen-bond acceptors (Lipinski definition) is 2. The number of aromatic nitrogens is 1. The molecule has 1 aromatic heterocycles. The Bertz CT molecular complexity index is 1300. The van der Waals surface area contributed by atoms with Crippen molar-refractivity contribution in [3.05, 3.63) is 135 Å². The van der Waals surface area contributed by atoms with Gasteiger partial charge in [-0.05, 0) is 53.1 Å². The third kappa shape index (κ3) is 7.23. The van der Waals surface area contributed by atoms with Crippen LogP contribution in [0.2, 0.25) is 10.0 Å². The van der Waals surface area contributed by atoms with Gasteiger partial charge in [0.2, 0.25) is 0 Å². The highest BCUT2D eigenvalue weighted by molar-refractivity contribution is 6.31. The van der Waals surface area contributed by atoms with Crippen molar-refractivity contribution in [2.45, 2.75) is 24.7 Å². The van der Waals surface area contributed by atoms with Crippen LogP contribution >= 0.6 is 34.8 Å². The standard InChI is InChI=1S/C27H20Cl2F4N2.CH3Cl/c28-22-10-11-25(34-17-22)26(15-18-6-2-1-3-7-18,35-16-19-8-4-5-9-24(19)29)20-12-21(27(31,32)33)14-23(30)13-20;1-2/h1-14,17,35H,15-16H2;1H3. The van der Waals surface area contributed by atoms with Crippen molar-refractivity contribution in [3.63, 3.8) is 0 Å². The van der Waals surface area contributed by atoms with Crippen LogP contribution in [0.1, 0.15) is 27.9 Å². The van der Waals surface area contributed by atoms with Crippen molar-refractivity contribution in [2.75, 3.05) is 6.38 Å². The van der Waals surface area contributed by atoms with Crippen LogP contribution in [0.4, 0.5) is 17.6 Å². The molecule has 0 amide bonds. The minimum atomic E-state index is -4.73. The van der Waals surface area contributed by atoms with Gasteiger partial charge in [-0.15, -0.1) is 11.6 Å². The Morgan fingerprint density at radius 3 is 2.08 bits per heavy atom. The molecule has 0 aliphatic rings. The van der Waals surface area contributed by atoms with Gasteiger partial charge >= 0.3 is 6.18 Å². The number of alkyl halides is 4. The zero-order valence-electron chi connectivity index (χ0n) is 19.7. The van der Waals surface area contributed by atoms with E-state index in [1.165, 1.54) is 12.6 Å². The molecule has 0 bridgehead atoms. The molecule has 4 rings (SSSR count). The molecule has 1 heterocycles. The Morgan fingerprint density at radius 2 is 1.46 bits per heavy atom. The minimum absolute atomic E-state index is 0.0792. The number of nitrogens with zero attached hydrogens (tertiary/aromatic N) is 1. The van der Waals surface area contributed by atoms with Crippen LogP contribution in [0.25, 0.3) is 0 Å². The van der Waals surface area contributed by atoms with Gasteiger partial charge in [0.05, 0.1) is 21.8 Å². The van der Waals surface area contributed by atoms with E-state index in [9.17, 15) is 17.6 Å². The Kier molecular flexibility index (Phi) is 9.96. The van der Waals surface area contributed by atoms with Crippen LogP contribution in [-0.4, -0.2) is 11.4 Å². The summed E-state index contributed by atoms with van der Waals surface area (Å²) in [6.45, 7) is 0.189. The van der Waals surface area contributed by atoms with Gasteiger partial charge in [-0.2, -0.15) is 13.2 Å². The zero-order valence-corrected chi connectivity index (χ0v) is 21.9. The SMILES string of the molecule is CCl.Fc1cc(C(F)(F)F)cc(C(Cc2ccccc2)(NCc2ccccc2Cl)c2ccc(Cl)cn2)c1. The fraction of sp³-hybridized carbons (Fsp3) is 0.179. The van der Waals surface area contributed by atoms with Crippen LogP contribution in [-0.2, 0) is 24.7 Å². The first kappa shape index (κ1) is 28.9. The van der Waals surface area contributed by atoms with Crippen LogP contribution in [0.3, 0.4) is 0 Å². The summed E-state index contributed by atoms with van der Waals surface area (Å²) in [6, 6.07) is 22.1. The fourth-order valence-corrected chi connectivity index (χ4v) is 4.33. The Morgan fingerprint density at radius 1 is 0.811 bits per heavy atom. The monoisotopic (exact) mass is 568 g/mol. The molecular formula is C28H23Cl3F4N2. The van der Waals surface area contributed by atoms with E-state index in [-0.39, 0.29) is 18.5 Å². The lowest BCUT2D eigenvalue weighted by Gasteiger charge is -2.36. The van der Waals surface area contributed by atoms with Crippen molar-refractivity contribution in [2.24, 2.45) is 0 Å². The van der Waals surface area contributed by atoms with Crippen molar-refractivity contribution in [1.82, 2.24) is 10.3 Å². The highest BCUT2D eigenvalue weighted by Gasteiger charge is 2.39. The quantitative estimate of drug-likeness (QED) is 0.178. The third-order valence-corrected chi connectivity index (χ3v) is 6.33. The lowest BCUT2D eigenvalue weighted by molar-refractivity contribution is -0.137. The predicted molar refractivity (Wildman–Crippen MR) is 142 cm³/mol. The van der Waals surface area contributed by atoms with Crippen molar-refractivity contribution in [3.8, 4) is 0 Å². The Labute approximate surface area is 228 Å². The van der Waals surface area contributed by atoms with Crippen molar-refractivity contribution < 1.29 is 17.6 Å². The van der Waals surface area contributed by atoms with E-state index in [2.05, 4.69) is 21.9 Å². The van der Waals surface area contributed by atoms with Crippen molar-refractivity contribution >= 4 is 34.8 Å². The van der Waals surface area contributed by atoms with Crippen LogP contribution < -0.4 is 5.32 Å². The van der Waals surface area contributed by atoms with Gasteiger partial charge in [0.25, 0.3) is 0 Å². The highest BCUT2D eigenvalue weighted by Crippen LogP contribution is 2.38. The molecule has 3 aromatic carbocycles. The summed E-state index contributed by atoms with van der Waals surface area (Å²) in [4.78, 5) is 4.45. The first-order valence-corrected chi connectivity index (χ1v) is 12.6. The van der Waals surface area contributed by atoms with E-state index in [0.717, 1.165) is 23.3 Å². The maximum atomic E-state index is 14.6. The number of hydrogen-bond donors (Lipinski definition) is 1. The summed E-state index contributed by atoms with van der Waals surface area (Å²) in [6.07, 6.45) is -1.66. The smallest absolute Gasteiger partial charge is 0.298 e. The number of pyridine rings is 1. The molecule has 0 radical (unpaired) electrons. The first-order chi connectivity index (χ1) is 17.7. The summed E-state index contributed by atoms with van der Waals surface area (Å²) in [5.74, 6) is -0.999. The lowest BCUT2D eigenvalue weighted by Crippen LogP contribution is -2.46. The van der Waals surface area contributed by atoms with Crippen LogP contribution in [0.15, 0.2) is 91.1 Å². The Hall–Kier alpha value is -2.64. The van der Waals surface area contributed by atoms with Gasteiger partial charge in [-0.1, -0.05) is 71.7 Å². The van der Waals surface area contributed by atoms with Gasteiger partial charge in [0.1, 0.15) is 5.82 Å². The molecule has 1 N–H and O–H groups in total. The second-order valence-electron chi connectivity index (χ2n) is 8.10. The molecule has 37 heavy (non-hydrogen) atoms. The number of rotatable bonds is 7. The van der Waals surface area contributed by atoms with Crippen LogP contribution in [0, 0.1) is 5.82 Å². The third-order valence-electron chi connectivity index (χ3n) is 5.73. The second kappa shape index (κ2) is 12.7. The molecule has 0 aliphatic heterocycles. The van der Waals surface area contributed by atoms with E-state index < -0.39 is 23.1 Å². The molecule has 0 fully saturated rings. The number of nitrogens with one attached hydrogen (secondary N) is 1. The summed E-state index contributed by atoms with van der Waals surface area (Å²) in [7, 11) is 0. The van der Waals surface area contributed by atoms with E-state index in [4.69, 9.17) is 23.2 Å². The molecule has 1 unspecified atom stereocenters. The van der Waals surface area contributed by atoms with Crippen LogP contribution in [0.5, 0.6) is 0 Å². The normalized spacial score (nSPS) is 12.9. The molecule has 4 aromatic rings. The summed E-state index contributed by atoms with van der Waals surface area (Å²) >= 11 is 17.1. The zero-order chi connectivity index (χ0) is 27.1. The molecule has 194 valence electrons. The predicted octanol–water partition coefficient (Wildman–Crippen LogP) is 8.68. The lowest BCUT2D eigenvalue weighted by atomic mass is 9.79. The summed E-state index contributed by atoms with van der Waals surface area (Å²) < 4.78 is 55.7. The van der Waals surface area contributed by atoms with E-state index >= 15 is 0 Å². The van der Waals surface area contributed by atoms with Gasteiger partial charge in [-0.3, -0.25) is 10.3 Å². The average Bonchev–Trinajstić information content (AvgIpc) is 2.89. The summed E-state index contributed by atoms with van der Waals surface area (Å²) in [5, 5.41) is 4.23. The molecular weight excluding hydrogens is 547 g/mol. The maximum Gasteiger partial charge on any atom is 0.416 e. The van der Waals surface area contributed by atoms with E-state index in [0.29, 0.717) is 21.8 Å². The molecule has 2 nitrogen and oxygen atoms in total. The second-order valence-corrected chi connectivity index (χ2v) is 8.94. The van der Waals surface area contributed by atoms with E-state index in [1.807, 2.05) is 42.5 Å². The molecule has 0 saturated carbocycles. The average molecular weight is 570 g/mol. The van der Waals surface area contributed by atoms with Crippen molar-refractivity contribution in [1.29, 1.82) is 0 Å². The van der Waals surface area contributed by atoms with Gasteiger partial charge in [0.15, 0.2) is 0 Å². The topological polar surface area (TPSA) is 24.9 Å². The molecule has 0 spiro atoms. The fourth-order valence-electron chi connectivity index (χ4n) is 4.01. The van der Waals surface area contributed by atoms with E-state index in [1.54, 1.807) is 24.3 Å². The molecule has 1 atom stereocenters. The van der Waals surface area contributed by atoms with Gasteiger partial charge in [-0.25, -0.2) is 4.39 Å². The largest absolute Gasteiger partial charge is 0.416 e. The maximum absolute atomic E-state index is 14.6. The number of benzene rings is 3. The summed E-state index contributed by atoms with van der Waals surface area (Å²) in [5.41, 5.74) is -0.417. The minimum Gasteiger partial charge on any atom is -0.298 e. The Balaban J connectivity index is 0.00000186. The van der Waals surface area contributed by atoms with Gasteiger partial charge in [0, 0.05) is 30.6 Å². The molecule has 0 aliphatic carbocycles. The first-order valence-electron chi connectivity index (χ1n) is 11.1. The number of halogens is 7. The molecule has 9 heteroatoms. The highest BCUT2D eigenvalue weighted by atomic mass is 35.5. The van der Waals surface area contributed by atoms with Gasteiger partial charge < -0.3 is 0 Å². The molecule has 0 saturated heterocycles.